The van der Waals surface area contributed by atoms with Crippen LogP contribution >= 0.6 is 0 Å². The van der Waals surface area contributed by atoms with E-state index in [9.17, 15) is 13.2 Å². The maximum atomic E-state index is 13.0. The molecule has 0 N–H and O–H groups in total. The fraction of sp³-hybridized carbons (Fsp3) is 0.400. The summed E-state index contributed by atoms with van der Waals surface area (Å²) in [4.78, 5) is 21.1. The Hall–Kier alpha value is -2.41. The van der Waals surface area contributed by atoms with E-state index in [1.807, 2.05) is 29.0 Å². The maximum absolute atomic E-state index is 13.0. The molecule has 2 aliphatic heterocycles. The Labute approximate surface area is 159 Å². The quantitative estimate of drug-likeness (QED) is 0.807. The van der Waals surface area contributed by atoms with Crippen LogP contribution in [-0.4, -0.2) is 55.3 Å². The molecule has 0 bridgehead atoms. The van der Waals surface area contributed by atoms with E-state index in [0.717, 1.165) is 6.42 Å². The van der Waals surface area contributed by atoms with Crippen LogP contribution in [0.25, 0.3) is 0 Å². The van der Waals surface area contributed by atoms with Crippen molar-refractivity contribution in [2.24, 2.45) is 0 Å². The van der Waals surface area contributed by atoms with Crippen molar-refractivity contribution in [1.82, 2.24) is 9.88 Å². The number of benzene rings is 1. The molecule has 2 aromatic rings. The molecular weight excluding hydrogens is 362 g/mol. The minimum atomic E-state index is -2.97. The van der Waals surface area contributed by atoms with E-state index < -0.39 is 9.84 Å². The first-order valence-electron chi connectivity index (χ1n) is 9.18. The number of nitrogens with zero attached hydrogens (tertiary/aromatic N) is 3. The number of anilines is 1. The SMILES string of the molecule is CN(c1cc(C(=O)N2CCc3ccccc3C2)ccn1)C1CCS(=O)(=O)C1. The molecule has 1 atom stereocenters. The molecule has 1 amide bonds. The predicted molar refractivity (Wildman–Crippen MR) is 105 cm³/mol. The maximum Gasteiger partial charge on any atom is 0.254 e. The lowest BCUT2D eigenvalue weighted by Crippen LogP contribution is -2.36. The lowest BCUT2D eigenvalue weighted by atomic mass is 9.99. The summed E-state index contributed by atoms with van der Waals surface area (Å²) in [6, 6.07) is 11.6. The number of hydrogen-bond donors (Lipinski definition) is 0. The van der Waals surface area contributed by atoms with E-state index in [4.69, 9.17) is 0 Å². The molecule has 0 aliphatic carbocycles. The summed E-state index contributed by atoms with van der Waals surface area (Å²) in [5.74, 6) is 0.987. The molecule has 3 heterocycles. The Kier molecular flexibility index (Phi) is 4.63. The summed E-state index contributed by atoms with van der Waals surface area (Å²) in [5, 5.41) is 0. The fourth-order valence-electron chi connectivity index (χ4n) is 3.86. The smallest absolute Gasteiger partial charge is 0.254 e. The summed E-state index contributed by atoms with van der Waals surface area (Å²) in [7, 11) is -1.12. The summed E-state index contributed by atoms with van der Waals surface area (Å²) < 4.78 is 23.5. The standard InChI is InChI=1S/C20H23N3O3S/c1-22(18-8-11-27(25,26)14-18)19-12-16(6-9-21-19)20(24)23-10-7-15-4-2-3-5-17(15)13-23/h2-6,9,12,18H,7-8,10-11,13-14H2,1H3. The molecule has 2 aliphatic rings. The van der Waals surface area contributed by atoms with E-state index in [1.54, 1.807) is 18.3 Å². The molecule has 1 saturated heterocycles. The van der Waals surface area contributed by atoms with Crippen molar-refractivity contribution in [3.8, 4) is 0 Å². The molecule has 0 radical (unpaired) electrons. The first kappa shape index (κ1) is 18.0. The fourth-order valence-corrected chi connectivity index (χ4v) is 5.64. The first-order chi connectivity index (χ1) is 12.9. The van der Waals surface area contributed by atoms with E-state index in [0.29, 0.717) is 30.9 Å². The number of fused-ring (bicyclic) bond motifs is 1. The van der Waals surface area contributed by atoms with Crippen LogP contribution in [0.15, 0.2) is 42.6 Å². The Bertz CT molecular complexity index is 974. The number of hydrogen-bond acceptors (Lipinski definition) is 5. The van der Waals surface area contributed by atoms with Gasteiger partial charge in [0.05, 0.1) is 11.5 Å². The molecule has 6 nitrogen and oxygen atoms in total. The van der Waals surface area contributed by atoms with Gasteiger partial charge in [0.2, 0.25) is 0 Å². The zero-order valence-electron chi connectivity index (χ0n) is 15.3. The van der Waals surface area contributed by atoms with Crippen LogP contribution in [0.1, 0.15) is 27.9 Å². The molecule has 1 aromatic carbocycles. The Morgan fingerprint density at radius 2 is 2.00 bits per heavy atom. The first-order valence-corrected chi connectivity index (χ1v) is 11.0. The highest BCUT2D eigenvalue weighted by molar-refractivity contribution is 7.91. The highest BCUT2D eigenvalue weighted by Crippen LogP contribution is 2.24. The van der Waals surface area contributed by atoms with Gasteiger partial charge in [0.15, 0.2) is 9.84 Å². The van der Waals surface area contributed by atoms with Gasteiger partial charge in [-0.15, -0.1) is 0 Å². The normalized spacial score (nSPS) is 20.9. The molecule has 1 aromatic heterocycles. The lowest BCUT2D eigenvalue weighted by molar-refractivity contribution is 0.0734. The van der Waals surface area contributed by atoms with Gasteiger partial charge in [-0.2, -0.15) is 0 Å². The average Bonchev–Trinajstić information content (AvgIpc) is 3.06. The molecule has 0 saturated carbocycles. The Morgan fingerprint density at radius 3 is 2.74 bits per heavy atom. The second-order valence-electron chi connectivity index (χ2n) is 7.32. The van der Waals surface area contributed by atoms with Gasteiger partial charge in [0, 0.05) is 37.9 Å². The molecular formula is C20H23N3O3S. The van der Waals surface area contributed by atoms with E-state index in [1.165, 1.54) is 11.1 Å². The van der Waals surface area contributed by atoms with Crippen LogP contribution in [0.5, 0.6) is 0 Å². The van der Waals surface area contributed by atoms with Crippen LogP contribution in [0, 0.1) is 0 Å². The van der Waals surface area contributed by atoms with Crippen LogP contribution < -0.4 is 4.90 Å². The zero-order valence-corrected chi connectivity index (χ0v) is 16.2. The molecule has 1 fully saturated rings. The molecule has 142 valence electrons. The largest absolute Gasteiger partial charge is 0.356 e. The number of pyridine rings is 1. The van der Waals surface area contributed by atoms with Gasteiger partial charge in [-0.25, -0.2) is 13.4 Å². The van der Waals surface area contributed by atoms with Gasteiger partial charge in [-0.1, -0.05) is 24.3 Å². The predicted octanol–water partition coefficient (Wildman–Crippen LogP) is 1.90. The number of carbonyl (C=O) groups is 1. The second kappa shape index (κ2) is 6.96. The Morgan fingerprint density at radius 1 is 1.22 bits per heavy atom. The number of carbonyl (C=O) groups excluding carboxylic acids is 1. The minimum Gasteiger partial charge on any atom is -0.356 e. The summed E-state index contributed by atoms with van der Waals surface area (Å²) >= 11 is 0. The third-order valence-corrected chi connectivity index (χ3v) is 7.28. The van der Waals surface area contributed by atoms with Crippen LogP contribution in [0.3, 0.4) is 0 Å². The molecule has 27 heavy (non-hydrogen) atoms. The second-order valence-corrected chi connectivity index (χ2v) is 9.54. The van der Waals surface area contributed by atoms with Crippen LogP contribution in [0.2, 0.25) is 0 Å². The van der Waals surface area contributed by atoms with Gasteiger partial charge in [0.1, 0.15) is 5.82 Å². The number of amides is 1. The van der Waals surface area contributed by atoms with Crippen molar-refractivity contribution in [2.75, 3.05) is 30.0 Å². The zero-order chi connectivity index (χ0) is 19.0. The van der Waals surface area contributed by atoms with Crippen molar-refractivity contribution in [3.05, 3.63) is 59.3 Å². The van der Waals surface area contributed by atoms with Gasteiger partial charge in [-0.3, -0.25) is 4.79 Å². The highest BCUT2D eigenvalue weighted by Gasteiger charge is 2.31. The van der Waals surface area contributed by atoms with Gasteiger partial charge in [-0.05, 0) is 36.1 Å². The summed E-state index contributed by atoms with van der Waals surface area (Å²) in [5.41, 5.74) is 3.09. The third-order valence-electron chi connectivity index (χ3n) is 5.53. The Balaban J connectivity index is 1.52. The van der Waals surface area contributed by atoms with E-state index in [-0.39, 0.29) is 23.5 Å². The summed E-state index contributed by atoms with van der Waals surface area (Å²) in [6.45, 7) is 1.31. The number of sulfone groups is 1. The third kappa shape index (κ3) is 3.69. The average molecular weight is 385 g/mol. The van der Waals surface area contributed by atoms with Crippen molar-refractivity contribution in [3.63, 3.8) is 0 Å². The number of rotatable bonds is 3. The highest BCUT2D eigenvalue weighted by atomic mass is 32.2. The van der Waals surface area contributed by atoms with Crippen molar-refractivity contribution in [2.45, 2.75) is 25.4 Å². The molecule has 0 spiro atoms. The minimum absolute atomic E-state index is 0.0133. The van der Waals surface area contributed by atoms with Crippen molar-refractivity contribution in [1.29, 1.82) is 0 Å². The van der Waals surface area contributed by atoms with E-state index >= 15 is 0 Å². The number of aromatic nitrogens is 1. The lowest BCUT2D eigenvalue weighted by Gasteiger charge is -2.29. The van der Waals surface area contributed by atoms with Crippen molar-refractivity contribution < 1.29 is 13.2 Å². The van der Waals surface area contributed by atoms with E-state index in [2.05, 4.69) is 17.1 Å². The molecule has 1 unspecified atom stereocenters. The summed E-state index contributed by atoms with van der Waals surface area (Å²) in [6.07, 6.45) is 3.09. The van der Waals surface area contributed by atoms with Gasteiger partial charge in [0.25, 0.3) is 5.91 Å². The molecule has 4 rings (SSSR count). The topological polar surface area (TPSA) is 70.6 Å². The van der Waals surface area contributed by atoms with Gasteiger partial charge >= 0.3 is 0 Å². The van der Waals surface area contributed by atoms with Crippen LogP contribution in [-0.2, 0) is 22.8 Å². The van der Waals surface area contributed by atoms with Crippen LogP contribution in [0.4, 0.5) is 5.82 Å². The monoisotopic (exact) mass is 385 g/mol. The molecule has 7 heteroatoms. The van der Waals surface area contributed by atoms with Crippen molar-refractivity contribution >= 4 is 21.6 Å². The van der Waals surface area contributed by atoms with Gasteiger partial charge < -0.3 is 9.80 Å².